The molecule has 2 amide bonds. The van der Waals surface area contributed by atoms with Gasteiger partial charge in [0.05, 0.1) is 23.3 Å². The third kappa shape index (κ3) is 7.86. The maximum absolute atomic E-state index is 13.6. The molecule has 0 bridgehead atoms. The molecule has 13 heteroatoms. The zero-order chi connectivity index (χ0) is 32.4. The smallest absolute Gasteiger partial charge is 0.370 e. The zero-order valence-electron chi connectivity index (χ0n) is 24.6. The van der Waals surface area contributed by atoms with Gasteiger partial charge in [0.15, 0.2) is 0 Å². The van der Waals surface area contributed by atoms with Crippen molar-refractivity contribution in [1.29, 1.82) is 0 Å². The van der Waals surface area contributed by atoms with Crippen LogP contribution >= 0.6 is 0 Å². The maximum Gasteiger partial charge on any atom is 0.416 e. The van der Waals surface area contributed by atoms with Gasteiger partial charge in [-0.15, -0.1) is 0 Å². The molecule has 2 saturated heterocycles. The van der Waals surface area contributed by atoms with Crippen LogP contribution in [0.1, 0.15) is 60.5 Å². The van der Waals surface area contributed by atoms with E-state index >= 15 is 0 Å². The highest BCUT2D eigenvalue weighted by atomic mass is 19.4. The van der Waals surface area contributed by atoms with Crippen molar-refractivity contribution in [3.05, 3.63) is 89.2 Å². The molecule has 0 spiro atoms. The molecule has 2 aliphatic heterocycles. The van der Waals surface area contributed by atoms with Gasteiger partial charge in [0.2, 0.25) is 11.8 Å². The number of likely N-dealkylation sites (tertiary alicyclic amines) is 2. The SMILES string of the molecule is C[C@@H](O[C@H]1CCN(C(=O)C2CCN(C(=O)Cn3cccn3)CC2)C[C@H]1c1ccccc1)c1cc(C(F)(F)F)cc(C(F)(F)F)c1. The lowest BCUT2D eigenvalue weighted by Gasteiger charge is -2.42. The first-order valence-corrected chi connectivity index (χ1v) is 14.8. The second-order valence-corrected chi connectivity index (χ2v) is 11.6. The van der Waals surface area contributed by atoms with Crippen LogP contribution in [0.3, 0.4) is 0 Å². The van der Waals surface area contributed by atoms with Crippen LogP contribution in [0.15, 0.2) is 67.0 Å². The normalized spacial score (nSPS) is 20.7. The van der Waals surface area contributed by atoms with Crippen molar-refractivity contribution in [3.63, 3.8) is 0 Å². The molecule has 2 aliphatic rings. The topological polar surface area (TPSA) is 67.7 Å². The molecule has 0 radical (unpaired) electrons. The van der Waals surface area contributed by atoms with Gasteiger partial charge >= 0.3 is 12.4 Å². The molecule has 5 rings (SSSR count). The number of piperidine rings is 2. The molecule has 242 valence electrons. The van der Waals surface area contributed by atoms with E-state index in [0.29, 0.717) is 51.0 Å². The molecule has 1 aromatic heterocycles. The summed E-state index contributed by atoms with van der Waals surface area (Å²) in [6.45, 7) is 3.09. The minimum atomic E-state index is -4.96. The molecule has 0 aliphatic carbocycles. The lowest BCUT2D eigenvalue weighted by molar-refractivity contribution is -0.144. The number of alkyl halides is 6. The lowest BCUT2D eigenvalue weighted by atomic mass is 9.86. The number of carbonyl (C=O) groups is 2. The third-order valence-electron chi connectivity index (χ3n) is 8.60. The van der Waals surface area contributed by atoms with E-state index in [1.807, 2.05) is 30.3 Å². The van der Waals surface area contributed by atoms with Crippen molar-refractivity contribution in [3.8, 4) is 0 Å². The van der Waals surface area contributed by atoms with Gasteiger partial charge in [0.1, 0.15) is 6.54 Å². The number of rotatable bonds is 7. The second kappa shape index (κ2) is 13.2. The summed E-state index contributed by atoms with van der Waals surface area (Å²) in [6.07, 6.45) is -6.85. The fraction of sp³-hybridized carbons (Fsp3) is 0.469. The van der Waals surface area contributed by atoms with E-state index in [4.69, 9.17) is 4.74 Å². The van der Waals surface area contributed by atoms with Crippen LogP contribution < -0.4 is 0 Å². The Labute approximate surface area is 256 Å². The summed E-state index contributed by atoms with van der Waals surface area (Å²) in [5, 5.41) is 4.06. The first-order valence-electron chi connectivity index (χ1n) is 14.8. The summed E-state index contributed by atoms with van der Waals surface area (Å²) in [5.41, 5.74) is -2.16. The summed E-state index contributed by atoms with van der Waals surface area (Å²) in [6, 6.07) is 12.5. The van der Waals surface area contributed by atoms with Crippen LogP contribution in [-0.4, -0.2) is 63.7 Å². The minimum absolute atomic E-state index is 0.0331. The third-order valence-corrected chi connectivity index (χ3v) is 8.60. The number of hydrogen-bond donors (Lipinski definition) is 0. The fourth-order valence-electron chi connectivity index (χ4n) is 6.13. The Morgan fingerprint density at radius 1 is 0.889 bits per heavy atom. The van der Waals surface area contributed by atoms with Crippen LogP contribution in [0.5, 0.6) is 0 Å². The minimum Gasteiger partial charge on any atom is -0.370 e. The fourth-order valence-corrected chi connectivity index (χ4v) is 6.13. The number of hydrogen-bond acceptors (Lipinski definition) is 4. The highest BCUT2D eigenvalue weighted by molar-refractivity contribution is 5.80. The number of ether oxygens (including phenoxy) is 1. The second-order valence-electron chi connectivity index (χ2n) is 11.6. The molecule has 0 saturated carbocycles. The van der Waals surface area contributed by atoms with Gasteiger partial charge in [0, 0.05) is 50.4 Å². The summed E-state index contributed by atoms with van der Waals surface area (Å²) in [5.74, 6) is -0.717. The van der Waals surface area contributed by atoms with Gasteiger partial charge in [-0.3, -0.25) is 14.3 Å². The van der Waals surface area contributed by atoms with E-state index in [1.165, 1.54) is 6.92 Å². The Kier molecular flexibility index (Phi) is 9.57. The maximum atomic E-state index is 13.6. The lowest BCUT2D eigenvalue weighted by Crippen LogP contribution is -2.50. The molecule has 3 heterocycles. The molecule has 0 N–H and O–H groups in total. The first kappa shape index (κ1) is 32.5. The quantitative estimate of drug-likeness (QED) is 0.285. The van der Waals surface area contributed by atoms with Crippen molar-refractivity contribution < 1.29 is 40.7 Å². The number of benzene rings is 2. The molecule has 7 nitrogen and oxygen atoms in total. The molecule has 2 fully saturated rings. The van der Waals surface area contributed by atoms with Gasteiger partial charge in [-0.1, -0.05) is 30.3 Å². The van der Waals surface area contributed by atoms with Crippen LogP contribution in [0.2, 0.25) is 0 Å². The predicted octanol–water partition coefficient (Wildman–Crippen LogP) is 6.32. The summed E-state index contributed by atoms with van der Waals surface area (Å²) in [4.78, 5) is 29.8. The average molecular weight is 637 g/mol. The van der Waals surface area contributed by atoms with Gasteiger partial charge in [-0.25, -0.2) is 0 Å². The van der Waals surface area contributed by atoms with E-state index in [1.54, 1.807) is 32.9 Å². The largest absolute Gasteiger partial charge is 0.416 e. The van der Waals surface area contributed by atoms with Gasteiger partial charge < -0.3 is 14.5 Å². The predicted molar refractivity (Wildman–Crippen MR) is 152 cm³/mol. The van der Waals surface area contributed by atoms with Crippen molar-refractivity contribution in [2.24, 2.45) is 5.92 Å². The van der Waals surface area contributed by atoms with Crippen molar-refractivity contribution in [2.75, 3.05) is 26.2 Å². The van der Waals surface area contributed by atoms with Gasteiger partial charge in [0.25, 0.3) is 0 Å². The molecular weight excluding hydrogens is 602 g/mol. The van der Waals surface area contributed by atoms with Crippen LogP contribution in [-0.2, 0) is 33.2 Å². The Bertz CT molecular complexity index is 1420. The molecular formula is C32H34F6N4O3. The monoisotopic (exact) mass is 636 g/mol. The number of amides is 2. The van der Waals surface area contributed by atoms with Crippen molar-refractivity contribution in [1.82, 2.24) is 19.6 Å². The van der Waals surface area contributed by atoms with Crippen LogP contribution in [0.25, 0.3) is 0 Å². The number of halogens is 6. The van der Waals surface area contributed by atoms with Crippen molar-refractivity contribution in [2.45, 2.75) is 63.2 Å². The highest BCUT2D eigenvalue weighted by Crippen LogP contribution is 2.40. The van der Waals surface area contributed by atoms with E-state index in [2.05, 4.69) is 5.10 Å². The van der Waals surface area contributed by atoms with Crippen LogP contribution in [0.4, 0.5) is 26.3 Å². The summed E-state index contributed by atoms with van der Waals surface area (Å²) >= 11 is 0. The van der Waals surface area contributed by atoms with Crippen LogP contribution in [0, 0.1) is 5.92 Å². The Morgan fingerprint density at radius 3 is 2.09 bits per heavy atom. The first-order chi connectivity index (χ1) is 21.3. The number of aromatic nitrogens is 2. The molecule has 0 unspecified atom stereocenters. The average Bonchev–Trinajstić information content (AvgIpc) is 3.53. The van der Waals surface area contributed by atoms with E-state index in [-0.39, 0.29) is 48.4 Å². The summed E-state index contributed by atoms with van der Waals surface area (Å²) < 4.78 is 88.7. The van der Waals surface area contributed by atoms with E-state index < -0.39 is 35.7 Å². The number of nitrogens with zero attached hydrogens (tertiary/aromatic N) is 4. The van der Waals surface area contributed by atoms with Crippen molar-refractivity contribution >= 4 is 11.8 Å². The Balaban J connectivity index is 1.27. The van der Waals surface area contributed by atoms with Gasteiger partial charge in [-0.2, -0.15) is 31.4 Å². The molecule has 2 aromatic carbocycles. The number of carbonyl (C=O) groups excluding carboxylic acids is 2. The standard InChI is InChI=1S/C32H34F6N4O3/c1-21(24-16-25(31(33,34)35)18-26(17-24)32(36,37)38)45-28-10-15-41(19-27(28)22-6-3-2-4-7-22)30(44)23-8-13-40(14-9-23)29(43)20-42-12-5-11-39-42/h2-7,11-12,16-18,21,23,27-28H,8-10,13-15,19-20H2,1H3/t21-,27+,28+/m1/s1. The van der Waals surface area contributed by atoms with E-state index in [0.717, 1.165) is 5.56 Å². The Hall–Kier alpha value is -3.87. The summed E-state index contributed by atoms with van der Waals surface area (Å²) in [7, 11) is 0. The molecule has 3 atom stereocenters. The zero-order valence-corrected chi connectivity index (χ0v) is 24.6. The van der Waals surface area contributed by atoms with Gasteiger partial charge in [-0.05, 0) is 61.6 Å². The van der Waals surface area contributed by atoms with E-state index in [9.17, 15) is 35.9 Å². The molecule has 3 aromatic rings. The molecule has 45 heavy (non-hydrogen) atoms. The highest BCUT2D eigenvalue weighted by Gasteiger charge is 2.40. The Morgan fingerprint density at radius 2 is 1.51 bits per heavy atom.